The van der Waals surface area contributed by atoms with Gasteiger partial charge >= 0.3 is 0 Å². The number of carbonyl (C=O) groups is 2. The summed E-state index contributed by atoms with van der Waals surface area (Å²) in [6, 6.07) is 11.0. The van der Waals surface area contributed by atoms with Crippen LogP contribution in [0.2, 0.25) is 0 Å². The summed E-state index contributed by atoms with van der Waals surface area (Å²) in [6.07, 6.45) is 1.54. The van der Waals surface area contributed by atoms with E-state index >= 15 is 0 Å². The smallest absolute Gasteiger partial charge is 0.267 e. The molecule has 0 spiro atoms. The van der Waals surface area contributed by atoms with Gasteiger partial charge < -0.3 is 19.6 Å². The van der Waals surface area contributed by atoms with Gasteiger partial charge in [-0.25, -0.2) is 0 Å². The quantitative estimate of drug-likeness (QED) is 0.582. The maximum absolute atomic E-state index is 13.1. The van der Waals surface area contributed by atoms with E-state index in [4.69, 9.17) is 9.26 Å². The van der Waals surface area contributed by atoms with Gasteiger partial charge in [0.2, 0.25) is 0 Å². The van der Waals surface area contributed by atoms with E-state index in [1.807, 2.05) is 30.3 Å². The van der Waals surface area contributed by atoms with Crippen LogP contribution in [-0.4, -0.2) is 66.1 Å². The lowest BCUT2D eigenvalue weighted by atomic mass is 9.99. The lowest BCUT2D eigenvalue weighted by Gasteiger charge is -2.26. The van der Waals surface area contributed by atoms with Crippen molar-refractivity contribution in [2.75, 3.05) is 39.4 Å². The Labute approximate surface area is 174 Å². The first-order valence-electron chi connectivity index (χ1n) is 9.96. The molecule has 3 heterocycles. The number of hydrogen-bond acceptors (Lipinski definition) is 6. The average molecular weight is 408 g/mol. The van der Waals surface area contributed by atoms with Crippen LogP contribution in [0.15, 0.2) is 47.1 Å². The summed E-state index contributed by atoms with van der Waals surface area (Å²) in [5.41, 5.74) is 2.43. The molecule has 0 atom stereocenters. The average Bonchev–Trinajstić information content (AvgIpc) is 3.42. The Morgan fingerprint density at radius 2 is 1.97 bits per heavy atom. The third-order valence-corrected chi connectivity index (χ3v) is 5.14. The van der Waals surface area contributed by atoms with Crippen molar-refractivity contribution >= 4 is 11.7 Å². The fraction of sp³-hybridized carbons (Fsp3) is 0.318. The first-order chi connectivity index (χ1) is 14.6. The lowest BCUT2D eigenvalue weighted by Crippen LogP contribution is -2.41. The molecule has 1 saturated heterocycles. The van der Waals surface area contributed by atoms with Gasteiger partial charge in [0.1, 0.15) is 17.1 Å². The van der Waals surface area contributed by atoms with Gasteiger partial charge in [0, 0.05) is 43.5 Å². The minimum Gasteiger partial charge on any atom is -0.379 e. The molecule has 0 radical (unpaired) electrons. The molecule has 2 aromatic heterocycles. The SMILES string of the molecule is Cc1onc(-c2ccccc2)c1C(=O)c1c[nH]c(C(=O)NCCN2CCOCC2)c1. The molecule has 2 N–H and O–H groups in total. The van der Waals surface area contributed by atoms with E-state index in [-0.39, 0.29) is 11.7 Å². The summed E-state index contributed by atoms with van der Waals surface area (Å²) < 4.78 is 10.6. The van der Waals surface area contributed by atoms with Crippen molar-refractivity contribution in [2.24, 2.45) is 0 Å². The maximum Gasteiger partial charge on any atom is 0.267 e. The molecular formula is C22H24N4O4. The van der Waals surface area contributed by atoms with E-state index in [2.05, 4.69) is 20.4 Å². The van der Waals surface area contributed by atoms with Crippen molar-refractivity contribution < 1.29 is 18.8 Å². The zero-order valence-electron chi connectivity index (χ0n) is 16.8. The van der Waals surface area contributed by atoms with Gasteiger partial charge in [-0.2, -0.15) is 0 Å². The summed E-state index contributed by atoms with van der Waals surface area (Å²) in [7, 11) is 0. The van der Waals surface area contributed by atoms with Crippen LogP contribution in [0.4, 0.5) is 0 Å². The first kappa shape index (κ1) is 20.1. The van der Waals surface area contributed by atoms with E-state index in [0.29, 0.717) is 34.8 Å². The number of nitrogens with zero attached hydrogens (tertiary/aromatic N) is 2. The third kappa shape index (κ3) is 4.34. The van der Waals surface area contributed by atoms with Crippen LogP contribution in [0.1, 0.15) is 32.2 Å². The van der Waals surface area contributed by atoms with Crippen LogP contribution in [0.5, 0.6) is 0 Å². The first-order valence-corrected chi connectivity index (χ1v) is 9.96. The maximum atomic E-state index is 13.1. The number of ether oxygens (including phenoxy) is 1. The van der Waals surface area contributed by atoms with Crippen molar-refractivity contribution in [1.29, 1.82) is 0 Å². The summed E-state index contributed by atoms with van der Waals surface area (Å²) in [6.45, 7) is 6.20. The monoisotopic (exact) mass is 408 g/mol. The molecule has 1 amide bonds. The Morgan fingerprint density at radius 3 is 2.73 bits per heavy atom. The van der Waals surface area contributed by atoms with Gasteiger partial charge in [0.05, 0.1) is 18.8 Å². The van der Waals surface area contributed by atoms with Gasteiger partial charge in [0.15, 0.2) is 5.78 Å². The molecule has 30 heavy (non-hydrogen) atoms. The molecule has 0 bridgehead atoms. The largest absolute Gasteiger partial charge is 0.379 e. The summed E-state index contributed by atoms with van der Waals surface area (Å²) in [5.74, 6) is -0.0413. The van der Waals surface area contributed by atoms with Crippen molar-refractivity contribution in [3.8, 4) is 11.3 Å². The van der Waals surface area contributed by atoms with Crippen LogP contribution in [0.25, 0.3) is 11.3 Å². The summed E-state index contributed by atoms with van der Waals surface area (Å²) >= 11 is 0. The number of aromatic amines is 1. The molecule has 8 nitrogen and oxygen atoms in total. The molecule has 4 rings (SSSR count). The van der Waals surface area contributed by atoms with E-state index in [0.717, 1.165) is 38.4 Å². The van der Waals surface area contributed by atoms with Crippen molar-refractivity contribution in [3.63, 3.8) is 0 Å². The highest BCUT2D eigenvalue weighted by Crippen LogP contribution is 2.27. The second-order valence-electron chi connectivity index (χ2n) is 7.17. The molecular weight excluding hydrogens is 384 g/mol. The molecule has 1 aromatic carbocycles. The molecule has 156 valence electrons. The molecule has 1 aliphatic heterocycles. The highest BCUT2D eigenvalue weighted by atomic mass is 16.5. The number of benzene rings is 1. The number of ketones is 1. The molecule has 0 unspecified atom stereocenters. The van der Waals surface area contributed by atoms with Crippen molar-refractivity contribution in [2.45, 2.75) is 6.92 Å². The van der Waals surface area contributed by atoms with Gasteiger partial charge in [-0.05, 0) is 13.0 Å². The van der Waals surface area contributed by atoms with E-state index in [1.165, 1.54) is 0 Å². The topological polar surface area (TPSA) is 100 Å². The second kappa shape index (κ2) is 9.06. The lowest BCUT2D eigenvalue weighted by molar-refractivity contribution is 0.0383. The normalized spacial score (nSPS) is 14.6. The number of carbonyl (C=O) groups excluding carboxylic acids is 2. The van der Waals surface area contributed by atoms with Crippen LogP contribution in [-0.2, 0) is 4.74 Å². The Hall–Kier alpha value is -3.23. The van der Waals surface area contributed by atoms with E-state index < -0.39 is 0 Å². The molecule has 3 aromatic rings. The summed E-state index contributed by atoms with van der Waals surface area (Å²) in [5, 5.41) is 6.95. The molecule has 1 fully saturated rings. The van der Waals surface area contributed by atoms with E-state index in [9.17, 15) is 9.59 Å². The molecule has 1 aliphatic rings. The second-order valence-corrected chi connectivity index (χ2v) is 7.17. The fourth-order valence-electron chi connectivity index (χ4n) is 3.48. The molecule has 0 saturated carbocycles. The van der Waals surface area contributed by atoms with E-state index in [1.54, 1.807) is 19.2 Å². The number of hydrogen-bond donors (Lipinski definition) is 2. The number of H-pyrrole nitrogens is 1. The zero-order valence-corrected chi connectivity index (χ0v) is 16.8. The van der Waals surface area contributed by atoms with Crippen molar-refractivity contribution in [1.82, 2.24) is 20.4 Å². The Bertz CT molecular complexity index is 1020. The molecule has 0 aliphatic carbocycles. The Kier molecular flexibility index (Phi) is 6.06. The number of morpholine rings is 1. The minimum atomic E-state index is -0.243. The summed E-state index contributed by atoms with van der Waals surface area (Å²) in [4.78, 5) is 30.7. The zero-order chi connectivity index (χ0) is 20.9. The van der Waals surface area contributed by atoms with Gasteiger partial charge in [-0.3, -0.25) is 14.5 Å². The van der Waals surface area contributed by atoms with Crippen LogP contribution < -0.4 is 5.32 Å². The van der Waals surface area contributed by atoms with Crippen LogP contribution in [0, 0.1) is 6.92 Å². The fourth-order valence-corrected chi connectivity index (χ4v) is 3.48. The number of aryl methyl sites for hydroxylation is 1. The van der Waals surface area contributed by atoms with Gasteiger partial charge in [0.25, 0.3) is 5.91 Å². The van der Waals surface area contributed by atoms with Crippen LogP contribution in [0.3, 0.4) is 0 Å². The Balaban J connectivity index is 1.43. The van der Waals surface area contributed by atoms with Crippen molar-refractivity contribution in [3.05, 3.63) is 65.2 Å². The highest BCUT2D eigenvalue weighted by Gasteiger charge is 2.24. The van der Waals surface area contributed by atoms with Gasteiger partial charge in [-0.15, -0.1) is 0 Å². The van der Waals surface area contributed by atoms with Gasteiger partial charge in [-0.1, -0.05) is 35.5 Å². The predicted octanol–water partition coefficient (Wildman–Crippen LogP) is 2.27. The molecule has 8 heteroatoms. The minimum absolute atomic E-state index is 0.240. The Morgan fingerprint density at radius 1 is 1.20 bits per heavy atom. The predicted molar refractivity (Wildman–Crippen MR) is 110 cm³/mol. The number of aromatic nitrogens is 2. The number of rotatable bonds is 7. The number of nitrogens with one attached hydrogen (secondary N) is 2. The standard InChI is InChI=1S/C22H24N4O4/c1-15-19(20(25-30-15)16-5-3-2-4-6-16)21(27)17-13-18(24-14-17)22(28)23-7-8-26-9-11-29-12-10-26/h2-6,13-14,24H,7-12H2,1H3,(H,23,28). The highest BCUT2D eigenvalue weighted by molar-refractivity contribution is 6.13. The van der Waals surface area contributed by atoms with Crippen LogP contribution >= 0.6 is 0 Å². The third-order valence-electron chi connectivity index (χ3n) is 5.14. The number of amides is 1.